The molecule has 148 valence electrons. The van der Waals surface area contributed by atoms with Gasteiger partial charge in [-0.1, -0.05) is 52.0 Å². The van der Waals surface area contributed by atoms with Crippen LogP contribution in [0.2, 0.25) is 0 Å². The smallest absolute Gasteiger partial charge is 0.235 e. The summed E-state index contributed by atoms with van der Waals surface area (Å²) in [5.41, 5.74) is 1.91. The van der Waals surface area contributed by atoms with Crippen LogP contribution >= 0.6 is 0 Å². The first-order chi connectivity index (χ1) is 12.7. The van der Waals surface area contributed by atoms with Gasteiger partial charge >= 0.3 is 0 Å². The lowest BCUT2D eigenvalue weighted by Crippen LogP contribution is -2.54. The minimum absolute atomic E-state index is 0.0644. The maximum absolute atomic E-state index is 12.3. The summed E-state index contributed by atoms with van der Waals surface area (Å²) in [6.07, 6.45) is 0. The van der Waals surface area contributed by atoms with E-state index in [0.717, 1.165) is 32.7 Å². The number of piperazine rings is 1. The summed E-state index contributed by atoms with van der Waals surface area (Å²) < 4.78 is 0. The van der Waals surface area contributed by atoms with E-state index in [1.54, 1.807) is 6.92 Å². The molecule has 1 aromatic rings. The zero-order valence-electron chi connectivity index (χ0n) is 17.5. The number of amides is 1. The second-order valence-electron chi connectivity index (χ2n) is 8.47. The van der Waals surface area contributed by atoms with Crippen LogP contribution in [0.1, 0.15) is 51.7 Å². The fraction of sp³-hybridized carbons (Fsp3) is 0.636. The van der Waals surface area contributed by atoms with E-state index in [4.69, 9.17) is 0 Å². The molecule has 0 saturated carbocycles. The molecule has 1 amide bonds. The molecule has 0 unspecified atom stereocenters. The lowest BCUT2D eigenvalue weighted by Gasteiger charge is -2.35. The number of nitrogens with one attached hydrogen (secondary N) is 1. The Hall–Kier alpha value is -1.90. The number of benzene rings is 1. The summed E-state index contributed by atoms with van der Waals surface area (Å²) in [5, 5.41) is 12.2. The monoisotopic (exact) mass is 370 g/mol. The van der Waals surface area contributed by atoms with Gasteiger partial charge < -0.3 is 5.32 Å². The molecule has 1 heterocycles. The number of rotatable bonds is 7. The van der Waals surface area contributed by atoms with Gasteiger partial charge in [0, 0.05) is 32.7 Å². The minimum Gasteiger partial charge on any atom is -0.337 e. The summed E-state index contributed by atoms with van der Waals surface area (Å²) in [7, 11) is 0. The van der Waals surface area contributed by atoms with Crippen LogP contribution in [0.5, 0.6) is 0 Å². The number of carbonyl (C=O) groups excluding carboxylic acids is 1. The summed E-state index contributed by atoms with van der Waals surface area (Å²) in [6.45, 7) is 15.1. The zero-order valence-corrected chi connectivity index (χ0v) is 17.5. The summed E-state index contributed by atoms with van der Waals surface area (Å²) in [6, 6.07) is 11.1. The van der Waals surface area contributed by atoms with Crippen molar-refractivity contribution >= 4 is 5.91 Å². The van der Waals surface area contributed by atoms with Crippen molar-refractivity contribution in [1.29, 1.82) is 5.26 Å². The van der Waals surface area contributed by atoms with E-state index in [1.807, 2.05) is 13.8 Å². The second-order valence-corrected chi connectivity index (χ2v) is 8.47. The number of nitriles is 1. The van der Waals surface area contributed by atoms with Crippen LogP contribution in [0.25, 0.3) is 0 Å². The van der Waals surface area contributed by atoms with Gasteiger partial charge in [-0.05, 0) is 29.9 Å². The molecule has 1 aliphatic rings. The molecule has 1 aliphatic heterocycles. The Balaban J connectivity index is 1.78. The van der Waals surface area contributed by atoms with Crippen LogP contribution in [0, 0.1) is 17.2 Å². The van der Waals surface area contributed by atoms with Gasteiger partial charge in [-0.3, -0.25) is 14.6 Å². The number of carbonyl (C=O) groups is 1. The Labute approximate surface area is 164 Å². The van der Waals surface area contributed by atoms with E-state index in [1.165, 1.54) is 11.1 Å². The van der Waals surface area contributed by atoms with Crippen molar-refractivity contribution in [2.75, 3.05) is 32.7 Å². The summed E-state index contributed by atoms with van der Waals surface area (Å²) >= 11 is 0. The van der Waals surface area contributed by atoms with Crippen molar-refractivity contribution in [3.63, 3.8) is 0 Å². The quantitative estimate of drug-likeness (QED) is 0.802. The van der Waals surface area contributed by atoms with Crippen molar-refractivity contribution in [2.45, 2.75) is 52.6 Å². The summed E-state index contributed by atoms with van der Waals surface area (Å²) in [4.78, 5) is 16.9. The van der Waals surface area contributed by atoms with Crippen molar-refractivity contribution in [3.8, 4) is 6.07 Å². The SMILES string of the molecule is CC(C)c1ccc(CN2CCN(CC(=O)N[C@@](C)(C#N)C(C)C)CC2)cc1. The maximum atomic E-state index is 12.3. The Morgan fingerprint density at radius 1 is 1.11 bits per heavy atom. The summed E-state index contributed by atoms with van der Waals surface area (Å²) in [5.74, 6) is 0.572. The highest BCUT2D eigenvalue weighted by Crippen LogP contribution is 2.17. The first-order valence-corrected chi connectivity index (χ1v) is 9.99. The Bertz CT molecular complexity index is 654. The predicted octanol–water partition coefficient (Wildman–Crippen LogP) is 2.98. The fourth-order valence-corrected chi connectivity index (χ4v) is 3.21. The van der Waals surface area contributed by atoms with E-state index >= 15 is 0 Å². The second kappa shape index (κ2) is 9.34. The molecule has 5 nitrogen and oxygen atoms in total. The number of nitrogens with zero attached hydrogens (tertiary/aromatic N) is 3. The van der Waals surface area contributed by atoms with E-state index in [9.17, 15) is 10.1 Å². The third kappa shape index (κ3) is 6.05. The topological polar surface area (TPSA) is 59.4 Å². The molecule has 1 N–H and O–H groups in total. The molecule has 0 bridgehead atoms. The van der Waals surface area contributed by atoms with Gasteiger partial charge in [0.25, 0.3) is 0 Å². The van der Waals surface area contributed by atoms with Gasteiger partial charge in [0.05, 0.1) is 12.6 Å². The highest BCUT2D eigenvalue weighted by Gasteiger charge is 2.30. The van der Waals surface area contributed by atoms with Gasteiger partial charge in [0.1, 0.15) is 5.54 Å². The molecule has 1 aromatic carbocycles. The van der Waals surface area contributed by atoms with Crippen LogP contribution in [0.4, 0.5) is 0 Å². The van der Waals surface area contributed by atoms with E-state index in [-0.39, 0.29) is 11.8 Å². The molecule has 2 rings (SSSR count). The number of hydrogen-bond acceptors (Lipinski definition) is 4. The van der Waals surface area contributed by atoms with Crippen molar-refractivity contribution in [1.82, 2.24) is 15.1 Å². The highest BCUT2D eigenvalue weighted by molar-refractivity contribution is 5.79. The van der Waals surface area contributed by atoms with Crippen molar-refractivity contribution in [3.05, 3.63) is 35.4 Å². The zero-order chi connectivity index (χ0) is 20.0. The molecule has 0 aromatic heterocycles. The Kier molecular flexibility index (Phi) is 7.41. The lowest BCUT2D eigenvalue weighted by molar-refractivity contribution is -0.124. The molecule has 1 fully saturated rings. The Morgan fingerprint density at radius 3 is 2.15 bits per heavy atom. The molecule has 1 atom stereocenters. The largest absolute Gasteiger partial charge is 0.337 e. The van der Waals surface area contributed by atoms with Crippen LogP contribution in [-0.4, -0.2) is 54.0 Å². The van der Waals surface area contributed by atoms with Gasteiger partial charge in [0.15, 0.2) is 0 Å². The van der Waals surface area contributed by atoms with Crippen molar-refractivity contribution < 1.29 is 4.79 Å². The predicted molar refractivity (Wildman–Crippen MR) is 109 cm³/mol. The maximum Gasteiger partial charge on any atom is 0.235 e. The van der Waals surface area contributed by atoms with Crippen LogP contribution in [0.15, 0.2) is 24.3 Å². The standard InChI is InChI=1S/C22H34N4O/c1-17(2)20-8-6-19(7-9-20)14-25-10-12-26(13-11-25)15-21(27)24-22(5,16-23)18(3)4/h6-9,17-18H,10-15H2,1-5H3,(H,24,27)/t22-/m0/s1. The van der Waals surface area contributed by atoms with Gasteiger partial charge in [-0.2, -0.15) is 5.26 Å². The van der Waals surface area contributed by atoms with E-state index < -0.39 is 5.54 Å². The van der Waals surface area contributed by atoms with E-state index in [2.05, 4.69) is 59.3 Å². The molecule has 5 heteroatoms. The average Bonchev–Trinajstić information content (AvgIpc) is 2.63. The first-order valence-electron chi connectivity index (χ1n) is 9.99. The molecule has 0 spiro atoms. The minimum atomic E-state index is -0.805. The Morgan fingerprint density at radius 2 is 1.67 bits per heavy atom. The lowest BCUT2D eigenvalue weighted by atomic mass is 9.90. The fourth-order valence-electron chi connectivity index (χ4n) is 3.21. The van der Waals surface area contributed by atoms with Gasteiger partial charge in [-0.15, -0.1) is 0 Å². The molecular weight excluding hydrogens is 336 g/mol. The molecule has 0 aliphatic carbocycles. The molecular formula is C22H34N4O. The third-order valence-corrected chi connectivity index (χ3v) is 5.67. The van der Waals surface area contributed by atoms with Crippen molar-refractivity contribution in [2.24, 2.45) is 5.92 Å². The van der Waals surface area contributed by atoms with Crippen LogP contribution < -0.4 is 5.32 Å². The van der Waals surface area contributed by atoms with Gasteiger partial charge in [0.2, 0.25) is 5.91 Å². The number of hydrogen-bond donors (Lipinski definition) is 1. The average molecular weight is 371 g/mol. The molecule has 0 radical (unpaired) electrons. The van der Waals surface area contributed by atoms with Gasteiger partial charge in [-0.25, -0.2) is 0 Å². The third-order valence-electron chi connectivity index (χ3n) is 5.67. The first kappa shape index (κ1) is 21.4. The van der Waals surface area contributed by atoms with Crippen LogP contribution in [0.3, 0.4) is 0 Å². The molecule has 27 heavy (non-hydrogen) atoms. The van der Waals surface area contributed by atoms with Crippen LogP contribution in [-0.2, 0) is 11.3 Å². The normalized spacial score (nSPS) is 18.3. The van der Waals surface area contributed by atoms with E-state index in [0.29, 0.717) is 12.5 Å². The highest BCUT2D eigenvalue weighted by atomic mass is 16.2. The molecule has 1 saturated heterocycles.